The minimum atomic E-state index is -0.00375. The van der Waals surface area contributed by atoms with E-state index >= 15 is 0 Å². The minimum absolute atomic E-state index is 0.00375. The van der Waals surface area contributed by atoms with Crippen LogP contribution in [0.15, 0.2) is 66.7 Å². The van der Waals surface area contributed by atoms with Gasteiger partial charge in [0.25, 0.3) is 0 Å². The lowest BCUT2D eigenvalue weighted by Gasteiger charge is -2.08. The number of hydrogen-bond donors (Lipinski definition) is 1. The Morgan fingerprint density at radius 2 is 1.82 bits per heavy atom. The fourth-order valence-corrected chi connectivity index (χ4v) is 3.41. The summed E-state index contributed by atoms with van der Waals surface area (Å²) >= 11 is 0. The van der Waals surface area contributed by atoms with Gasteiger partial charge < -0.3 is 14.8 Å². The molecule has 1 amide bonds. The number of carbonyl (C=O) groups excluding carboxylic acids is 1. The van der Waals surface area contributed by atoms with Gasteiger partial charge in [-0.1, -0.05) is 42.5 Å². The van der Waals surface area contributed by atoms with Crippen LogP contribution >= 0.6 is 0 Å². The number of amides is 1. The van der Waals surface area contributed by atoms with E-state index in [1.165, 1.54) is 16.7 Å². The molecule has 28 heavy (non-hydrogen) atoms. The van der Waals surface area contributed by atoms with Crippen molar-refractivity contribution < 1.29 is 14.3 Å². The fourth-order valence-electron chi connectivity index (χ4n) is 3.41. The lowest BCUT2D eigenvalue weighted by Crippen LogP contribution is -2.24. The van der Waals surface area contributed by atoms with Gasteiger partial charge in [-0.25, -0.2) is 0 Å². The first-order chi connectivity index (χ1) is 13.7. The van der Waals surface area contributed by atoms with Crippen LogP contribution in [0.5, 0.6) is 11.5 Å². The lowest BCUT2D eigenvalue weighted by atomic mass is 10.0. The molecule has 0 saturated carbocycles. The smallest absolute Gasteiger partial charge is 0.224 e. The summed E-state index contributed by atoms with van der Waals surface area (Å²) in [5, 5.41) is 2.98. The van der Waals surface area contributed by atoms with Gasteiger partial charge >= 0.3 is 0 Å². The van der Waals surface area contributed by atoms with Gasteiger partial charge in [-0.15, -0.1) is 0 Å². The Balaban J connectivity index is 1.35. The molecule has 0 unspecified atom stereocenters. The van der Waals surface area contributed by atoms with Gasteiger partial charge in [-0.05, 0) is 52.1 Å². The molecule has 4 rings (SSSR count). The molecule has 0 bridgehead atoms. The molecule has 4 nitrogen and oxygen atoms in total. The maximum absolute atomic E-state index is 12.2. The van der Waals surface area contributed by atoms with Crippen LogP contribution in [0, 0.1) is 0 Å². The molecule has 1 heterocycles. The highest BCUT2D eigenvalue weighted by atomic mass is 16.5. The Labute approximate surface area is 165 Å². The topological polar surface area (TPSA) is 47.6 Å². The second kappa shape index (κ2) is 8.17. The minimum Gasteiger partial charge on any atom is -0.497 e. The fraction of sp³-hybridized carbons (Fsp3) is 0.208. The number of methoxy groups -OCH3 is 1. The van der Waals surface area contributed by atoms with Crippen molar-refractivity contribution in [1.82, 2.24) is 5.32 Å². The molecule has 3 aromatic carbocycles. The predicted octanol–water partition coefficient (Wildman–Crippen LogP) is 4.16. The second-order valence-corrected chi connectivity index (χ2v) is 6.92. The van der Waals surface area contributed by atoms with E-state index in [4.69, 9.17) is 9.47 Å². The van der Waals surface area contributed by atoms with Crippen molar-refractivity contribution in [3.05, 3.63) is 83.4 Å². The predicted molar refractivity (Wildman–Crippen MR) is 110 cm³/mol. The maximum atomic E-state index is 12.2. The highest BCUT2D eigenvalue weighted by molar-refractivity contribution is 5.78. The first kappa shape index (κ1) is 18.1. The number of nitrogens with one attached hydrogen (secondary N) is 1. The van der Waals surface area contributed by atoms with E-state index in [-0.39, 0.29) is 5.91 Å². The van der Waals surface area contributed by atoms with E-state index in [0.717, 1.165) is 35.7 Å². The SMILES string of the molecule is COc1cccc(CC(=O)NCc2ccc(-c3ccc4c(c3)CCO4)cc2)c1. The first-order valence-electron chi connectivity index (χ1n) is 9.46. The Kier molecular flexibility index (Phi) is 5.29. The van der Waals surface area contributed by atoms with E-state index in [1.807, 2.05) is 30.3 Å². The Morgan fingerprint density at radius 3 is 2.64 bits per heavy atom. The molecule has 1 aliphatic heterocycles. The normalized spacial score (nSPS) is 12.2. The number of fused-ring (bicyclic) bond motifs is 1. The van der Waals surface area contributed by atoms with E-state index in [9.17, 15) is 4.79 Å². The molecule has 142 valence electrons. The number of rotatable bonds is 6. The van der Waals surface area contributed by atoms with Crippen molar-refractivity contribution in [3.8, 4) is 22.6 Å². The van der Waals surface area contributed by atoms with Gasteiger partial charge in [0.05, 0.1) is 20.1 Å². The third-order valence-electron chi connectivity index (χ3n) is 4.97. The summed E-state index contributed by atoms with van der Waals surface area (Å²) in [4.78, 5) is 12.2. The number of ether oxygens (including phenoxy) is 2. The van der Waals surface area contributed by atoms with Crippen molar-refractivity contribution >= 4 is 5.91 Å². The highest BCUT2D eigenvalue weighted by Gasteiger charge is 2.12. The van der Waals surface area contributed by atoms with Crippen molar-refractivity contribution in [3.63, 3.8) is 0 Å². The van der Waals surface area contributed by atoms with Crippen LogP contribution in [0.1, 0.15) is 16.7 Å². The summed E-state index contributed by atoms with van der Waals surface area (Å²) in [7, 11) is 1.62. The molecule has 3 aromatic rings. The molecule has 1 N–H and O–H groups in total. The monoisotopic (exact) mass is 373 g/mol. The largest absolute Gasteiger partial charge is 0.497 e. The number of hydrogen-bond acceptors (Lipinski definition) is 3. The molecule has 0 spiro atoms. The van der Waals surface area contributed by atoms with Crippen LogP contribution in [0.2, 0.25) is 0 Å². The van der Waals surface area contributed by atoms with Gasteiger partial charge in [0, 0.05) is 13.0 Å². The standard InChI is InChI=1S/C24H23NO3/c1-27-22-4-2-3-18(13-22)14-24(26)25-16-17-5-7-19(8-6-17)20-9-10-23-21(15-20)11-12-28-23/h2-10,13,15H,11-12,14,16H2,1H3,(H,25,26). The molecule has 0 fully saturated rings. The molecule has 0 aliphatic carbocycles. The van der Waals surface area contributed by atoms with Crippen molar-refractivity contribution in [2.75, 3.05) is 13.7 Å². The van der Waals surface area contributed by atoms with Gasteiger partial charge in [0.2, 0.25) is 5.91 Å². The van der Waals surface area contributed by atoms with Crippen LogP contribution in [-0.2, 0) is 24.2 Å². The Morgan fingerprint density at radius 1 is 1.00 bits per heavy atom. The van der Waals surface area contributed by atoms with Crippen LogP contribution in [0.25, 0.3) is 11.1 Å². The van der Waals surface area contributed by atoms with Crippen LogP contribution < -0.4 is 14.8 Å². The quantitative estimate of drug-likeness (QED) is 0.706. The van der Waals surface area contributed by atoms with Gasteiger partial charge in [-0.2, -0.15) is 0 Å². The molecular weight excluding hydrogens is 350 g/mol. The number of carbonyl (C=O) groups is 1. The van der Waals surface area contributed by atoms with Crippen molar-refractivity contribution in [2.45, 2.75) is 19.4 Å². The average Bonchev–Trinajstić information content (AvgIpc) is 3.20. The maximum Gasteiger partial charge on any atom is 0.224 e. The molecule has 4 heteroatoms. The average molecular weight is 373 g/mol. The Hall–Kier alpha value is -3.27. The van der Waals surface area contributed by atoms with Gasteiger partial charge in [0.1, 0.15) is 11.5 Å². The second-order valence-electron chi connectivity index (χ2n) is 6.92. The van der Waals surface area contributed by atoms with Crippen LogP contribution in [-0.4, -0.2) is 19.6 Å². The molecular formula is C24H23NO3. The van der Waals surface area contributed by atoms with E-state index < -0.39 is 0 Å². The first-order valence-corrected chi connectivity index (χ1v) is 9.46. The summed E-state index contributed by atoms with van der Waals surface area (Å²) in [6.07, 6.45) is 1.31. The lowest BCUT2D eigenvalue weighted by molar-refractivity contribution is -0.120. The molecule has 0 radical (unpaired) electrons. The molecule has 1 aliphatic rings. The third-order valence-corrected chi connectivity index (χ3v) is 4.97. The summed E-state index contributed by atoms with van der Waals surface area (Å²) in [6.45, 7) is 1.29. The zero-order valence-electron chi connectivity index (χ0n) is 15.9. The number of benzene rings is 3. The van der Waals surface area contributed by atoms with E-state index in [2.05, 4.69) is 41.7 Å². The zero-order valence-corrected chi connectivity index (χ0v) is 15.9. The van der Waals surface area contributed by atoms with E-state index in [1.54, 1.807) is 7.11 Å². The van der Waals surface area contributed by atoms with Crippen LogP contribution in [0.3, 0.4) is 0 Å². The van der Waals surface area contributed by atoms with E-state index in [0.29, 0.717) is 13.0 Å². The van der Waals surface area contributed by atoms with Crippen molar-refractivity contribution in [1.29, 1.82) is 0 Å². The van der Waals surface area contributed by atoms with Gasteiger partial charge in [0.15, 0.2) is 0 Å². The third kappa shape index (κ3) is 4.17. The summed E-state index contributed by atoms with van der Waals surface area (Å²) < 4.78 is 10.8. The molecule has 0 aromatic heterocycles. The van der Waals surface area contributed by atoms with Crippen molar-refractivity contribution in [2.24, 2.45) is 0 Å². The van der Waals surface area contributed by atoms with Gasteiger partial charge in [-0.3, -0.25) is 4.79 Å². The Bertz CT molecular complexity index is 979. The zero-order chi connectivity index (χ0) is 19.3. The summed E-state index contributed by atoms with van der Waals surface area (Å²) in [6, 6.07) is 22.2. The molecule has 0 saturated heterocycles. The van der Waals surface area contributed by atoms with Crippen LogP contribution in [0.4, 0.5) is 0 Å². The summed E-state index contributed by atoms with van der Waals surface area (Å²) in [5.41, 5.74) is 5.64. The highest BCUT2D eigenvalue weighted by Crippen LogP contribution is 2.30. The summed E-state index contributed by atoms with van der Waals surface area (Å²) in [5.74, 6) is 1.76. The molecule has 0 atom stereocenters.